The lowest BCUT2D eigenvalue weighted by atomic mass is 10.1. The maximum absolute atomic E-state index is 11.6. The molecule has 1 aromatic heterocycles. The van der Waals surface area contributed by atoms with Crippen LogP contribution < -0.4 is 11.3 Å². The molecule has 0 atom stereocenters. The molecule has 0 radical (unpaired) electrons. The van der Waals surface area contributed by atoms with E-state index in [1.54, 1.807) is 0 Å². The zero-order valence-electron chi connectivity index (χ0n) is 7.55. The molecular weight excluding hydrogens is 373 g/mol. The number of benzene rings is 1. The Morgan fingerprint density at radius 3 is 2.93 bits per heavy atom. The van der Waals surface area contributed by atoms with Gasteiger partial charge >= 0.3 is 0 Å². The summed E-state index contributed by atoms with van der Waals surface area (Å²) in [6.45, 7) is 0.305. The third kappa shape index (κ3) is 1.93. The summed E-state index contributed by atoms with van der Waals surface area (Å²) < 4.78 is 1.80. The molecule has 1 heterocycles. The van der Waals surface area contributed by atoms with Crippen molar-refractivity contribution in [3.05, 3.63) is 36.2 Å². The number of fused-ring (bicyclic) bond motifs is 1. The molecular formula is C9H7BrIN3O. The fourth-order valence-electron chi connectivity index (χ4n) is 1.42. The van der Waals surface area contributed by atoms with Gasteiger partial charge < -0.3 is 5.73 Å². The normalized spacial score (nSPS) is 10.9. The highest BCUT2D eigenvalue weighted by Gasteiger charge is 2.09. The molecule has 2 rings (SSSR count). The van der Waals surface area contributed by atoms with Gasteiger partial charge in [0.1, 0.15) is 0 Å². The second-order valence-corrected chi connectivity index (χ2v) is 5.09. The Kier molecular flexibility index (Phi) is 3.08. The van der Waals surface area contributed by atoms with Crippen LogP contribution in [-0.2, 0) is 6.54 Å². The van der Waals surface area contributed by atoms with Crippen LogP contribution in [0.5, 0.6) is 0 Å². The quantitative estimate of drug-likeness (QED) is 0.741. The van der Waals surface area contributed by atoms with Crippen molar-refractivity contribution in [2.24, 2.45) is 5.73 Å². The van der Waals surface area contributed by atoms with Gasteiger partial charge in [-0.15, -0.1) is 0 Å². The molecule has 0 aliphatic carbocycles. The topological polar surface area (TPSA) is 71.8 Å². The second-order valence-electron chi connectivity index (χ2n) is 3.01. The number of rotatable bonds is 1. The molecule has 0 aliphatic heterocycles. The Labute approximate surface area is 108 Å². The molecule has 78 valence electrons. The second kappa shape index (κ2) is 4.18. The maximum Gasteiger partial charge on any atom is 0.273 e. The van der Waals surface area contributed by atoms with E-state index >= 15 is 0 Å². The van der Waals surface area contributed by atoms with Crippen LogP contribution in [0.25, 0.3) is 10.8 Å². The van der Waals surface area contributed by atoms with E-state index in [4.69, 9.17) is 5.73 Å². The summed E-state index contributed by atoms with van der Waals surface area (Å²) in [6, 6.07) is 3.75. The van der Waals surface area contributed by atoms with E-state index in [2.05, 4.69) is 48.7 Å². The van der Waals surface area contributed by atoms with Crippen molar-refractivity contribution in [3.63, 3.8) is 0 Å². The predicted molar refractivity (Wildman–Crippen MR) is 70.7 cm³/mol. The number of hydrogen-bond acceptors (Lipinski definition) is 3. The van der Waals surface area contributed by atoms with Crippen LogP contribution in [0.4, 0.5) is 0 Å². The SMILES string of the molecule is NCc1n[nH]c(=O)c2c(I)cc(Br)cc12. The first kappa shape index (κ1) is 11.0. The number of aromatic amines is 1. The molecule has 1 aromatic carbocycles. The summed E-state index contributed by atoms with van der Waals surface area (Å²) in [5, 5.41) is 7.82. The van der Waals surface area contributed by atoms with Crippen LogP contribution in [0.3, 0.4) is 0 Å². The largest absolute Gasteiger partial charge is 0.325 e. The van der Waals surface area contributed by atoms with Crippen molar-refractivity contribution < 1.29 is 0 Å². The average molecular weight is 380 g/mol. The van der Waals surface area contributed by atoms with Gasteiger partial charge in [0.25, 0.3) is 5.56 Å². The van der Waals surface area contributed by atoms with Gasteiger partial charge in [0.2, 0.25) is 0 Å². The van der Waals surface area contributed by atoms with Gasteiger partial charge in [0.05, 0.1) is 11.1 Å². The van der Waals surface area contributed by atoms with Crippen molar-refractivity contribution in [1.82, 2.24) is 10.2 Å². The van der Waals surface area contributed by atoms with Crippen molar-refractivity contribution in [2.75, 3.05) is 0 Å². The summed E-state index contributed by atoms with van der Waals surface area (Å²) in [7, 11) is 0. The summed E-state index contributed by atoms with van der Waals surface area (Å²) >= 11 is 5.51. The van der Waals surface area contributed by atoms with Crippen LogP contribution in [-0.4, -0.2) is 10.2 Å². The van der Waals surface area contributed by atoms with Gasteiger partial charge in [-0.1, -0.05) is 15.9 Å². The Balaban J connectivity index is 3.00. The lowest BCUT2D eigenvalue weighted by Gasteiger charge is -2.04. The number of H-pyrrole nitrogens is 1. The minimum atomic E-state index is -0.181. The highest BCUT2D eigenvalue weighted by Crippen LogP contribution is 2.24. The van der Waals surface area contributed by atoms with Gasteiger partial charge in [-0.05, 0) is 34.7 Å². The minimum absolute atomic E-state index is 0.181. The molecule has 6 heteroatoms. The molecule has 3 N–H and O–H groups in total. The average Bonchev–Trinajstić information content (AvgIpc) is 2.17. The van der Waals surface area contributed by atoms with E-state index in [0.29, 0.717) is 17.6 Å². The molecule has 2 aromatic rings. The predicted octanol–water partition coefficient (Wildman–Crippen LogP) is 1.75. The number of aromatic nitrogens is 2. The molecule has 0 amide bonds. The lowest BCUT2D eigenvalue weighted by Crippen LogP contribution is -2.14. The number of nitrogens with zero attached hydrogens (tertiary/aromatic N) is 1. The van der Waals surface area contributed by atoms with Crippen molar-refractivity contribution in [3.8, 4) is 0 Å². The summed E-state index contributed by atoms with van der Waals surface area (Å²) in [4.78, 5) is 11.6. The first-order valence-electron chi connectivity index (χ1n) is 4.20. The Bertz CT molecular complexity index is 581. The van der Waals surface area contributed by atoms with E-state index in [1.807, 2.05) is 12.1 Å². The Morgan fingerprint density at radius 2 is 2.27 bits per heavy atom. The molecule has 0 saturated carbocycles. The highest BCUT2D eigenvalue weighted by molar-refractivity contribution is 14.1. The molecule has 4 nitrogen and oxygen atoms in total. The van der Waals surface area contributed by atoms with E-state index in [1.165, 1.54) is 0 Å². The van der Waals surface area contributed by atoms with E-state index < -0.39 is 0 Å². The van der Waals surface area contributed by atoms with Crippen molar-refractivity contribution in [1.29, 1.82) is 0 Å². The first-order chi connectivity index (χ1) is 7.13. The molecule has 15 heavy (non-hydrogen) atoms. The number of nitrogens with one attached hydrogen (secondary N) is 1. The highest BCUT2D eigenvalue weighted by atomic mass is 127. The van der Waals surface area contributed by atoms with Crippen LogP contribution in [0.15, 0.2) is 21.4 Å². The Hall–Kier alpha value is -0.470. The number of hydrogen-bond donors (Lipinski definition) is 2. The number of halogens is 2. The Morgan fingerprint density at radius 1 is 1.53 bits per heavy atom. The fraction of sp³-hybridized carbons (Fsp3) is 0.111. The van der Waals surface area contributed by atoms with Gasteiger partial charge in [-0.25, -0.2) is 5.10 Å². The minimum Gasteiger partial charge on any atom is -0.325 e. The fourth-order valence-corrected chi connectivity index (χ4v) is 3.18. The molecule has 0 fully saturated rings. The van der Waals surface area contributed by atoms with Crippen molar-refractivity contribution >= 4 is 49.3 Å². The zero-order valence-corrected chi connectivity index (χ0v) is 11.3. The van der Waals surface area contributed by atoms with Crippen molar-refractivity contribution in [2.45, 2.75) is 6.54 Å². The van der Waals surface area contributed by atoms with Crippen LogP contribution in [0.2, 0.25) is 0 Å². The first-order valence-corrected chi connectivity index (χ1v) is 6.07. The lowest BCUT2D eigenvalue weighted by molar-refractivity contribution is 0.899. The molecule has 0 aliphatic rings. The van der Waals surface area contributed by atoms with Gasteiger partial charge in [-0.2, -0.15) is 5.10 Å². The van der Waals surface area contributed by atoms with Gasteiger partial charge in [-0.3, -0.25) is 4.79 Å². The summed E-state index contributed by atoms with van der Waals surface area (Å²) in [5.41, 5.74) is 6.08. The standard InChI is InChI=1S/C9H7BrIN3O/c10-4-1-5-7(3-12)13-14-9(15)8(5)6(11)2-4/h1-2H,3,12H2,(H,14,15). The summed E-state index contributed by atoms with van der Waals surface area (Å²) in [5.74, 6) is 0. The van der Waals surface area contributed by atoms with Crippen LogP contribution >= 0.6 is 38.5 Å². The van der Waals surface area contributed by atoms with E-state index in [9.17, 15) is 4.79 Å². The maximum atomic E-state index is 11.6. The van der Waals surface area contributed by atoms with E-state index in [0.717, 1.165) is 13.4 Å². The molecule has 0 spiro atoms. The summed E-state index contributed by atoms with van der Waals surface area (Å²) in [6.07, 6.45) is 0. The van der Waals surface area contributed by atoms with Crippen LogP contribution in [0.1, 0.15) is 5.69 Å². The van der Waals surface area contributed by atoms with Gasteiger partial charge in [0, 0.05) is 20.0 Å². The van der Waals surface area contributed by atoms with E-state index in [-0.39, 0.29) is 5.56 Å². The monoisotopic (exact) mass is 379 g/mol. The third-order valence-electron chi connectivity index (χ3n) is 2.08. The molecule has 0 unspecified atom stereocenters. The van der Waals surface area contributed by atoms with Crippen LogP contribution in [0, 0.1) is 3.57 Å². The van der Waals surface area contributed by atoms with Gasteiger partial charge in [0.15, 0.2) is 0 Å². The number of nitrogens with two attached hydrogens (primary N) is 1. The third-order valence-corrected chi connectivity index (χ3v) is 3.39. The zero-order chi connectivity index (χ0) is 11.0. The molecule has 0 bridgehead atoms. The smallest absolute Gasteiger partial charge is 0.273 e. The molecule has 0 saturated heterocycles.